The number of fused-ring (bicyclic) bond motifs is 1. The molecule has 2 aromatic rings. The molecule has 26 heavy (non-hydrogen) atoms. The fourth-order valence-electron chi connectivity index (χ4n) is 3.07. The van der Waals surface area contributed by atoms with E-state index >= 15 is 0 Å². The summed E-state index contributed by atoms with van der Waals surface area (Å²) >= 11 is 8.83. The lowest BCUT2D eigenvalue weighted by Gasteiger charge is -2.41. The number of halogens is 1. The molecule has 4 rings (SSSR count). The van der Waals surface area contributed by atoms with Crippen LogP contribution in [-0.4, -0.2) is 40.0 Å². The van der Waals surface area contributed by atoms with E-state index in [0.29, 0.717) is 28.5 Å². The predicted molar refractivity (Wildman–Crippen MR) is 104 cm³/mol. The molecule has 4 heterocycles. The van der Waals surface area contributed by atoms with Crippen molar-refractivity contribution in [3.05, 3.63) is 39.4 Å². The van der Waals surface area contributed by atoms with Crippen LogP contribution in [0.4, 0.5) is 5.82 Å². The number of nitrogens with zero attached hydrogens (tertiary/aromatic N) is 3. The Hall–Kier alpha value is -1.68. The second-order valence-electron chi connectivity index (χ2n) is 6.08. The van der Waals surface area contributed by atoms with Gasteiger partial charge in [0, 0.05) is 29.9 Å². The highest BCUT2D eigenvalue weighted by atomic mass is 35.5. The summed E-state index contributed by atoms with van der Waals surface area (Å²) in [6.07, 6.45) is 2.35. The Bertz CT molecular complexity index is 857. The number of carbonyl (C=O) groups excluding carboxylic acids is 1. The normalized spacial score (nSPS) is 25.3. The summed E-state index contributed by atoms with van der Waals surface area (Å²) in [5, 5.41) is 6.41. The number of pyridine rings is 1. The number of aliphatic imine (C=N–C) groups is 1. The highest BCUT2D eigenvalue weighted by Gasteiger charge is 2.47. The molecular formula is C16H16ClN5O2S2. The first-order chi connectivity index (χ1) is 12.6. The average molecular weight is 410 g/mol. The first kappa shape index (κ1) is 17.7. The van der Waals surface area contributed by atoms with Crippen molar-refractivity contribution in [3.63, 3.8) is 0 Å². The summed E-state index contributed by atoms with van der Waals surface area (Å²) in [7, 11) is 0. The van der Waals surface area contributed by atoms with Crippen LogP contribution in [0.1, 0.15) is 21.9 Å². The van der Waals surface area contributed by atoms with Crippen LogP contribution in [0.5, 0.6) is 0 Å². The van der Waals surface area contributed by atoms with Gasteiger partial charge in [0.05, 0.1) is 11.6 Å². The van der Waals surface area contributed by atoms with Crippen molar-refractivity contribution < 1.29 is 9.53 Å². The second kappa shape index (κ2) is 7.15. The maximum Gasteiger partial charge on any atom is 0.275 e. The molecule has 0 aliphatic carbocycles. The number of carbonyl (C=O) groups is 1. The van der Waals surface area contributed by atoms with Gasteiger partial charge in [-0.3, -0.25) is 4.79 Å². The fraction of sp³-hybridized carbons (Fsp3) is 0.375. The van der Waals surface area contributed by atoms with E-state index in [0.717, 1.165) is 23.8 Å². The topological polar surface area (TPSA) is 102 Å². The van der Waals surface area contributed by atoms with Crippen LogP contribution in [-0.2, 0) is 10.3 Å². The number of nitrogens with two attached hydrogens (primary N) is 1. The first-order valence-electron chi connectivity index (χ1n) is 8.01. The molecule has 2 aliphatic rings. The molecule has 0 saturated carbocycles. The molecule has 7 nitrogen and oxygen atoms in total. The summed E-state index contributed by atoms with van der Waals surface area (Å²) in [6, 6.07) is 3.19. The molecule has 136 valence electrons. The molecule has 0 spiro atoms. The number of hydrogen-bond donors (Lipinski definition) is 2. The lowest BCUT2D eigenvalue weighted by molar-refractivity contribution is 0.00448. The van der Waals surface area contributed by atoms with Crippen molar-refractivity contribution in [2.75, 3.05) is 24.3 Å². The number of hydrogen-bond acceptors (Lipinski definition) is 8. The van der Waals surface area contributed by atoms with Gasteiger partial charge >= 0.3 is 0 Å². The van der Waals surface area contributed by atoms with E-state index in [1.807, 2.05) is 0 Å². The molecule has 1 fully saturated rings. The number of nitrogens with one attached hydrogen (secondary N) is 1. The van der Waals surface area contributed by atoms with Crippen molar-refractivity contribution in [1.82, 2.24) is 9.97 Å². The lowest BCUT2D eigenvalue weighted by Crippen LogP contribution is -2.47. The van der Waals surface area contributed by atoms with Gasteiger partial charge in [-0.25, -0.2) is 15.0 Å². The molecule has 1 saturated heterocycles. The minimum atomic E-state index is -0.556. The van der Waals surface area contributed by atoms with Crippen molar-refractivity contribution in [3.8, 4) is 0 Å². The third-order valence-electron chi connectivity index (χ3n) is 4.43. The van der Waals surface area contributed by atoms with Crippen molar-refractivity contribution in [2.45, 2.75) is 12.0 Å². The van der Waals surface area contributed by atoms with Crippen LogP contribution in [0.3, 0.4) is 0 Å². The Morgan fingerprint density at radius 3 is 3.15 bits per heavy atom. The number of aromatic nitrogens is 2. The summed E-state index contributed by atoms with van der Waals surface area (Å²) in [4.78, 5) is 25.6. The molecule has 2 aromatic heterocycles. The number of amidine groups is 1. The van der Waals surface area contributed by atoms with E-state index in [9.17, 15) is 4.79 Å². The largest absolute Gasteiger partial charge is 0.379 e. The monoisotopic (exact) mass is 409 g/mol. The van der Waals surface area contributed by atoms with Crippen LogP contribution in [0.25, 0.3) is 0 Å². The SMILES string of the molecule is NC1=NC2(c3nc(NC(=O)c4ccc(Cl)cn4)cs3)COCCC2CS1. The average Bonchev–Trinajstić information content (AvgIpc) is 3.11. The number of rotatable bonds is 3. The van der Waals surface area contributed by atoms with Crippen LogP contribution >= 0.6 is 34.7 Å². The molecule has 2 atom stereocenters. The van der Waals surface area contributed by atoms with Crippen LogP contribution < -0.4 is 11.1 Å². The number of thiazole rings is 1. The Morgan fingerprint density at radius 2 is 2.35 bits per heavy atom. The summed E-state index contributed by atoms with van der Waals surface area (Å²) < 4.78 is 5.70. The molecular weight excluding hydrogens is 394 g/mol. The number of ether oxygens (including phenoxy) is 1. The Labute approximate surface area is 163 Å². The van der Waals surface area contributed by atoms with Crippen molar-refractivity contribution in [2.24, 2.45) is 16.6 Å². The molecule has 0 aromatic carbocycles. The van der Waals surface area contributed by atoms with E-state index in [1.165, 1.54) is 17.5 Å². The zero-order valence-corrected chi connectivity index (χ0v) is 16.0. The third-order valence-corrected chi connectivity index (χ3v) is 6.62. The smallest absolute Gasteiger partial charge is 0.275 e. The molecule has 3 N–H and O–H groups in total. The van der Waals surface area contributed by atoms with E-state index in [-0.39, 0.29) is 11.6 Å². The van der Waals surface area contributed by atoms with Gasteiger partial charge < -0.3 is 15.8 Å². The number of amides is 1. The molecule has 2 aliphatic heterocycles. The number of anilines is 1. The summed E-state index contributed by atoms with van der Waals surface area (Å²) in [5.74, 6) is 1.35. The molecule has 2 unspecified atom stereocenters. The Kier molecular flexibility index (Phi) is 4.87. The Balaban J connectivity index is 1.58. The van der Waals surface area contributed by atoms with Gasteiger partial charge in [0.2, 0.25) is 0 Å². The van der Waals surface area contributed by atoms with Gasteiger partial charge in [0.15, 0.2) is 5.17 Å². The summed E-state index contributed by atoms with van der Waals surface area (Å²) in [5.41, 5.74) is 5.70. The maximum atomic E-state index is 12.3. The lowest BCUT2D eigenvalue weighted by atomic mass is 9.82. The molecule has 10 heteroatoms. The van der Waals surface area contributed by atoms with Gasteiger partial charge in [0.1, 0.15) is 22.1 Å². The van der Waals surface area contributed by atoms with Gasteiger partial charge in [-0.1, -0.05) is 23.4 Å². The zero-order valence-electron chi connectivity index (χ0n) is 13.6. The van der Waals surface area contributed by atoms with E-state index in [1.54, 1.807) is 29.3 Å². The Morgan fingerprint density at radius 1 is 1.46 bits per heavy atom. The zero-order chi connectivity index (χ0) is 18.1. The van der Waals surface area contributed by atoms with E-state index < -0.39 is 5.54 Å². The van der Waals surface area contributed by atoms with Crippen molar-refractivity contribution >= 4 is 51.6 Å². The van der Waals surface area contributed by atoms with Crippen LogP contribution in [0, 0.1) is 5.92 Å². The third kappa shape index (κ3) is 3.32. The first-order valence-corrected chi connectivity index (χ1v) is 10.3. The quantitative estimate of drug-likeness (QED) is 0.807. The highest BCUT2D eigenvalue weighted by molar-refractivity contribution is 8.13. The highest BCUT2D eigenvalue weighted by Crippen LogP contribution is 2.45. The predicted octanol–water partition coefficient (Wildman–Crippen LogP) is 2.74. The van der Waals surface area contributed by atoms with Crippen LogP contribution in [0.2, 0.25) is 5.02 Å². The van der Waals surface area contributed by atoms with Gasteiger partial charge in [-0.15, -0.1) is 11.3 Å². The minimum Gasteiger partial charge on any atom is -0.379 e. The van der Waals surface area contributed by atoms with E-state index in [2.05, 4.69) is 15.3 Å². The van der Waals surface area contributed by atoms with Crippen LogP contribution in [0.15, 0.2) is 28.7 Å². The molecule has 1 amide bonds. The van der Waals surface area contributed by atoms with Crippen molar-refractivity contribution in [1.29, 1.82) is 0 Å². The molecule has 0 radical (unpaired) electrons. The van der Waals surface area contributed by atoms with Gasteiger partial charge in [-0.2, -0.15) is 0 Å². The number of thioether (sulfide) groups is 1. The minimum absolute atomic E-state index is 0.275. The fourth-order valence-corrected chi connectivity index (χ4v) is 5.19. The maximum absolute atomic E-state index is 12.3. The molecule has 0 bridgehead atoms. The summed E-state index contributed by atoms with van der Waals surface area (Å²) in [6.45, 7) is 1.18. The second-order valence-corrected chi connectivity index (χ2v) is 8.41. The van der Waals surface area contributed by atoms with Gasteiger partial charge in [-0.05, 0) is 18.6 Å². The standard InChI is InChI=1S/C16H16ClN5O2S2/c17-10-1-2-11(19-5-10)13(23)20-12-7-25-14(21-12)16-8-24-4-3-9(16)6-26-15(18)22-16/h1-2,5,7,9H,3-4,6,8H2,(H2,18,22)(H,20,23). The van der Waals surface area contributed by atoms with E-state index in [4.69, 9.17) is 27.1 Å². The van der Waals surface area contributed by atoms with Gasteiger partial charge in [0.25, 0.3) is 5.91 Å².